The highest BCUT2D eigenvalue weighted by molar-refractivity contribution is 5.28. The van der Waals surface area contributed by atoms with Crippen molar-refractivity contribution in [2.45, 2.75) is 51.0 Å². The Hall–Kier alpha value is -1.02. The predicted molar refractivity (Wildman–Crippen MR) is 73.9 cm³/mol. The zero-order valence-corrected chi connectivity index (χ0v) is 11.5. The van der Waals surface area contributed by atoms with Crippen LogP contribution in [-0.2, 0) is 6.42 Å². The van der Waals surface area contributed by atoms with Gasteiger partial charge in [-0.1, -0.05) is 37.8 Å². The van der Waals surface area contributed by atoms with Crippen LogP contribution in [0.5, 0.6) is 5.75 Å². The van der Waals surface area contributed by atoms with E-state index in [-0.39, 0.29) is 0 Å². The third kappa shape index (κ3) is 3.74. The first-order chi connectivity index (χ1) is 8.59. The number of ether oxygens (including phenoxy) is 1. The lowest BCUT2D eigenvalue weighted by molar-refractivity contribution is 0.0348. The number of methoxy groups -OCH3 is 1. The van der Waals surface area contributed by atoms with E-state index in [1.807, 2.05) is 31.2 Å². The molecule has 2 heteroatoms. The van der Waals surface area contributed by atoms with Gasteiger partial charge in [-0.25, -0.2) is 0 Å². The normalized spacial score (nSPS) is 19.7. The summed E-state index contributed by atoms with van der Waals surface area (Å²) in [4.78, 5) is 0. The van der Waals surface area contributed by atoms with Crippen molar-refractivity contribution in [3.63, 3.8) is 0 Å². The van der Waals surface area contributed by atoms with Crippen molar-refractivity contribution >= 4 is 0 Å². The molecular formula is C16H24O2. The Morgan fingerprint density at radius 2 is 1.83 bits per heavy atom. The van der Waals surface area contributed by atoms with E-state index in [9.17, 15) is 5.11 Å². The van der Waals surface area contributed by atoms with Crippen LogP contribution in [0.25, 0.3) is 0 Å². The molecule has 0 amide bonds. The Bertz CT molecular complexity index is 361. The Kier molecular flexibility index (Phi) is 4.28. The number of benzene rings is 1. The Labute approximate surface area is 110 Å². The summed E-state index contributed by atoms with van der Waals surface area (Å²) < 4.78 is 5.14. The minimum absolute atomic E-state index is 0.580. The first-order valence-electron chi connectivity index (χ1n) is 6.94. The molecule has 0 spiro atoms. The maximum atomic E-state index is 10.5. The molecule has 1 N–H and O–H groups in total. The lowest BCUT2D eigenvalue weighted by Gasteiger charge is -2.26. The first-order valence-corrected chi connectivity index (χ1v) is 6.94. The molecule has 1 atom stereocenters. The topological polar surface area (TPSA) is 29.5 Å². The van der Waals surface area contributed by atoms with E-state index >= 15 is 0 Å². The molecule has 1 aliphatic rings. The SMILES string of the molecule is COc1ccc(CC(C)(O)CC2CCCC2)cc1. The molecular weight excluding hydrogens is 224 g/mol. The molecule has 0 saturated heterocycles. The van der Waals surface area contributed by atoms with E-state index in [4.69, 9.17) is 4.74 Å². The van der Waals surface area contributed by atoms with Gasteiger partial charge in [0.25, 0.3) is 0 Å². The Balaban J connectivity index is 1.92. The van der Waals surface area contributed by atoms with Crippen molar-refractivity contribution in [3.8, 4) is 5.75 Å². The van der Waals surface area contributed by atoms with Gasteiger partial charge >= 0.3 is 0 Å². The molecule has 1 aliphatic carbocycles. The molecule has 0 heterocycles. The molecule has 2 nitrogen and oxygen atoms in total. The maximum Gasteiger partial charge on any atom is 0.118 e. The monoisotopic (exact) mass is 248 g/mol. The van der Waals surface area contributed by atoms with Gasteiger partial charge in [0.05, 0.1) is 12.7 Å². The molecule has 0 aliphatic heterocycles. The molecule has 0 bridgehead atoms. The fourth-order valence-corrected chi connectivity index (χ4v) is 3.09. The summed E-state index contributed by atoms with van der Waals surface area (Å²) in [5, 5.41) is 10.5. The van der Waals surface area contributed by atoms with Gasteiger partial charge in [-0.3, -0.25) is 0 Å². The second kappa shape index (κ2) is 5.75. The largest absolute Gasteiger partial charge is 0.497 e. The number of aliphatic hydroxyl groups is 1. The van der Waals surface area contributed by atoms with E-state index in [1.165, 1.54) is 31.2 Å². The number of hydrogen-bond acceptors (Lipinski definition) is 2. The van der Waals surface area contributed by atoms with Gasteiger partial charge < -0.3 is 9.84 Å². The maximum absolute atomic E-state index is 10.5. The van der Waals surface area contributed by atoms with Crippen molar-refractivity contribution in [1.82, 2.24) is 0 Å². The second-order valence-electron chi connectivity index (χ2n) is 5.88. The number of hydrogen-bond donors (Lipinski definition) is 1. The summed E-state index contributed by atoms with van der Waals surface area (Å²) in [5.41, 5.74) is 0.600. The minimum Gasteiger partial charge on any atom is -0.497 e. The summed E-state index contributed by atoms with van der Waals surface area (Å²) >= 11 is 0. The van der Waals surface area contributed by atoms with E-state index in [0.717, 1.165) is 24.5 Å². The van der Waals surface area contributed by atoms with Crippen molar-refractivity contribution in [2.75, 3.05) is 7.11 Å². The van der Waals surface area contributed by atoms with Gasteiger partial charge in [0, 0.05) is 6.42 Å². The van der Waals surface area contributed by atoms with E-state index < -0.39 is 5.60 Å². The average molecular weight is 248 g/mol. The highest BCUT2D eigenvalue weighted by Crippen LogP contribution is 2.33. The standard InChI is InChI=1S/C16H24O2/c1-16(17,11-13-5-3-4-6-13)12-14-7-9-15(18-2)10-8-14/h7-10,13,17H,3-6,11-12H2,1-2H3. The van der Waals surface area contributed by atoms with Crippen LogP contribution < -0.4 is 4.74 Å². The van der Waals surface area contributed by atoms with Crippen LogP contribution in [0.1, 0.15) is 44.6 Å². The summed E-state index contributed by atoms with van der Waals surface area (Å²) in [7, 11) is 1.67. The van der Waals surface area contributed by atoms with Crippen LogP contribution in [0, 0.1) is 5.92 Å². The third-order valence-electron chi connectivity index (χ3n) is 3.95. The third-order valence-corrected chi connectivity index (χ3v) is 3.95. The summed E-state index contributed by atoms with van der Waals surface area (Å²) in [6.45, 7) is 1.97. The Morgan fingerprint density at radius 1 is 1.22 bits per heavy atom. The van der Waals surface area contributed by atoms with Gasteiger partial charge in [-0.05, 0) is 37.0 Å². The zero-order valence-electron chi connectivity index (χ0n) is 11.5. The highest BCUT2D eigenvalue weighted by Gasteiger charge is 2.27. The highest BCUT2D eigenvalue weighted by atomic mass is 16.5. The van der Waals surface area contributed by atoms with Gasteiger partial charge in [0.2, 0.25) is 0 Å². The van der Waals surface area contributed by atoms with Crippen LogP contribution in [0.4, 0.5) is 0 Å². The smallest absolute Gasteiger partial charge is 0.118 e. The van der Waals surface area contributed by atoms with Crippen molar-refractivity contribution in [3.05, 3.63) is 29.8 Å². The van der Waals surface area contributed by atoms with Gasteiger partial charge in [0.1, 0.15) is 5.75 Å². The molecule has 18 heavy (non-hydrogen) atoms. The molecule has 0 radical (unpaired) electrons. The lowest BCUT2D eigenvalue weighted by atomic mass is 9.86. The van der Waals surface area contributed by atoms with Crippen molar-refractivity contribution in [1.29, 1.82) is 0 Å². The molecule has 1 saturated carbocycles. The fourth-order valence-electron chi connectivity index (χ4n) is 3.09. The number of rotatable bonds is 5. The van der Waals surface area contributed by atoms with Crippen LogP contribution in [0.15, 0.2) is 24.3 Å². The van der Waals surface area contributed by atoms with E-state index in [1.54, 1.807) is 7.11 Å². The molecule has 1 aromatic carbocycles. The van der Waals surface area contributed by atoms with E-state index in [0.29, 0.717) is 0 Å². The zero-order chi connectivity index (χ0) is 13.0. The van der Waals surface area contributed by atoms with Gasteiger partial charge in [0.15, 0.2) is 0 Å². The van der Waals surface area contributed by atoms with Gasteiger partial charge in [-0.15, -0.1) is 0 Å². The molecule has 1 unspecified atom stereocenters. The average Bonchev–Trinajstić information content (AvgIpc) is 2.81. The summed E-state index contributed by atoms with van der Waals surface area (Å²) in [6.07, 6.45) is 6.91. The quantitative estimate of drug-likeness (QED) is 0.863. The van der Waals surface area contributed by atoms with Crippen LogP contribution in [-0.4, -0.2) is 17.8 Å². The van der Waals surface area contributed by atoms with Gasteiger partial charge in [-0.2, -0.15) is 0 Å². The molecule has 0 aromatic heterocycles. The molecule has 1 aromatic rings. The predicted octanol–water partition coefficient (Wildman–Crippen LogP) is 3.57. The summed E-state index contributed by atoms with van der Waals surface area (Å²) in [6, 6.07) is 8.01. The Morgan fingerprint density at radius 3 is 2.39 bits per heavy atom. The first kappa shape index (κ1) is 13.4. The van der Waals surface area contributed by atoms with E-state index in [2.05, 4.69) is 0 Å². The fraction of sp³-hybridized carbons (Fsp3) is 0.625. The molecule has 2 rings (SSSR count). The molecule has 1 fully saturated rings. The van der Waals surface area contributed by atoms with Crippen LogP contribution in [0.2, 0.25) is 0 Å². The molecule has 100 valence electrons. The summed E-state index contributed by atoms with van der Waals surface area (Å²) in [5.74, 6) is 1.59. The van der Waals surface area contributed by atoms with Crippen molar-refractivity contribution in [2.24, 2.45) is 5.92 Å². The lowest BCUT2D eigenvalue weighted by Crippen LogP contribution is -2.29. The second-order valence-corrected chi connectivity index (χ2v) is 5.88. The van der Waals surface area contributed by atoms with Crippen LogP contribution in [0.3, 0.4) is 0 Å². The van der Waals surface area contributed by atoms with Crippen molar-refractivity contribution < 1.29 is 9.84 Å². The van der Waals surface area contributed by atoms with Crippen LogP contribution >= 0.6 is 0 Å². The minimum atomic E-state index is -0.580.